The highest BCUT2D eigenvalue weighted by atomic mass is 19.4. The molecule has 112 valence electrons. The van der Waals surface area contributed by atoms with Crippen LogP contribution in [-0.4, -0.2) is 20.6 Å². The van der Waals surface area contributed by atoms with Gasteiger partial charge in [0.25, 0.3) is 0 Å². The van der Waals surface area contributed by atoms with Gasteiger partial charge in [-0.1, -0.05) is 6.07 Å². The maximum absolute atomic E-state index is 12.6. The molecule has 0 radical (unpaired) electrons. The van der Waals surface area contributed by atoms with Crippen LogP contribution >= 0.6 is 0 Å². The van der Waals surface area contributed by atoms with E-state index in [2.05, 4.69) is 4.98 Å². The molecule has 0 aliphatic rings. The van der Waals surface area contributed by atoms with Crippen molar-refractivity contribution >= 4 is 5.97 Å². The number of carboxylic acid groups (broad SMARTS) is 1. The van der Waals surface area contributed by atoms with Gasteiger partial charge in [0, 0.05) is 7.05 Å². The Balaban J connectivity index is 2.12. The number of nitrogens with zero attached hydrogens (tertiary/aromatic N) is 2. The van der Waals surface area contributed by atoms with Crippen LogP contribution in [0.5, 0.6) is 5.75 Å². The SMILES string of the molecule is Cn1c(COc2cccc(C(F)(F)F)c2)cnc1C(=O)O. The van der Waals surface area contributed by atoms with Crippen molar-refractivity contribution in [1.82, 2.24) is 9.55 Å². The fourth-order valence-corrected chi connectivity index (χ4v) is 1.70. The highest BCUT2D eigenvalue weighted by molar-refractivity contribution is 5.83. The van der Waals surface area contributed by atoms with Crippen molar-refractivity contribution in [2.24, 2.45) is 7.05 Å². The number of rotatable bonds is 4. The molecule has 0 bridgehead atoms. The fourth-order valence-electron chi connectivity index (χ4n) is 1.70. The van der Waals surface area contributed by atoms with Crippen LogP contribution in [0.2, 0.25) is 0 Å². The molecule has 0 spiro atoms. The number of ether oxygens (including phenoxy) is 1. The van der Waals surface area contributed by atoms with Gasteiger partial charge in [-0.3, -0.25) is 0 Å². The number of benzene rings is 1. The summed E-state index contributed by atoms with van der Waals surface area (Å²) in [5, 5.41) is 8.84. The summed E-state index contributed by atoms with van der Waals surface area (Å²) in [7, 11) is 1.49. The van der Waals surface area contributed by atoms with E-state index in [0.717, 1.165) is 12.1 Å². The minimum absolute atomic E-state index is 0.0444. The molecule has 0 aliphatic carbocycles. The largest absolute Gasteiger partial charge is 0.487 e. The molecule has 0 saturated heterocycles. The Morgan fingerprint density at radius 1 is 1.43 bits per heavy atom. The average Bonchev–Trinajstić information content (AvgIpc) is 2.77. The van der Waals surface area contributed by atoms with Crippen LogP contribution in [0.4, 0.5) is 13.2 Å². The first-order valence-electron chi connectivity index (χ1n) is 5.83. The second-order valence-corrected chi connectivity index (χ2v) is 4.25. The van der Waals surface area contributed by atoms with Crippen LogP contribution in [-0.2, 0) is 19.8 Å². The number of carboxylic acids is 1. The summed E-state index contributed by atoms with van der Waals surface area (Å²) in [5.41, 5.74) is -0.374. The number of hydrogen-bond acceptors (Lipinski definition) is 3. The predicted molar refractivity (Wildman–Crippen MR) is 65.9 cm³/mol. The van der Waals surface area contributed by atoms with Crippen LogP contribution in [0.3, 0.4) is 0 Å². The van der Waals surface area contributed by atoms with Crippen LogP contribution in [0.15, 0.2) is 30.5 Å². The van der Waals surface area contributed by atoms with E-state index in [9.17, 15) is 18.0 Å². The Kier molecular flexibility index (Phi) is 3.88. The van der Waals surface area contributed by atoms with E-state index in [1.54, 1.807) is 0 Å². The lowest BCUT2D eigenvalue weighted by atomic mass is 10.2. The van der Waals surface area contributed by atoms with Crippen molar-refractivity contribution in [2.45, 2.75) is 12.8 Å². The van der Waals surface area contributed by atoms with Crippen LogP contribution in [0.25, 0.3) is 0 Å². The summed E-state index contributed by atoms with van der Waals surface area (Å²) in [5.74, 6) is -1.32. The number of carbonyl (C=O) groups is 1. The quantitative estimate of drug-likeness (QED) is 0.943. The highest BCUT2D eigenvalue weighted by Crippen LogP contribution is 2.31. The maximum atomic E-state index is 12.6. The van der Waals surface area contributed by atoms with E-state index < -0.39 is 17.7 Å². The Morgan fingerprint density at radius 3 is 2.71 bits per heavy atom. The third kappa shape index (κ3) is 3.33. The first-order valence-corrected chi connectivity index (χ1v) is 5.83. The number of hydrogen-bond donors (Lipinski definition) is 1. The summed E-state index contributed by atoms with van der Waals surface area (Å²) in [6.07, 6.45) is -3.14. The van der Waals surface area contributed by atoms with E-state index in [1.807, 2.05) is 0 Å². The van der Waals surface area contributed by atoms with Crippen LogP contribution in [0.1, 0.15) is 21.9 Å². The summed E-state index contributed by atoms with van der Waals surface area (Å²) >= 11 is 0. The van der Waals surface area contributed by atoms with Gasteiger partial charge in [-0.2, -0.15) is 13.2 Å². The zero-order chi connectivity index (χ0) is 15.6. The minimum Gasteiger partial charge on any atom is -0.487 e. The third-order valence-corrected chi connectivity index (χ3v) is 2.82. The second-order valence-electron chi connectivity index (χ2n) is 4.25. The topological polar surface area (TPSA) is 64.4 Å². The van der Waals surface area contributed by atoms with E-state index in [0.29, 0.717) is 5.69 Å². The van der Waals surface area contributed by atoms with Crippen LogP contribution in [0, 0.1) is 0 Å². The predicted octanol–water partition coefficient (Wildman–Crippen LogP) is 2.72. The van der Waals surface area contributed by atoms with Gasteiger partial charge in [-0.25, -0.2) is 9.78 Å². The molecule has 2 rings (SSSR count). The standard InChI is InChI=1S/C13H11F3N2O3/c1-18-9(6-17-11(18)12(19)20)7-21-10-4-2-3-8(5-10)13(14,15)16/h2-6H,7H2,1H3,(H,19,20). The van der Waals surface area contributed by atoms with Crippen molar-refractivity contribution < 1.29 is 27.8 Å². The molecule has 21 heavy (non-hydrogen) atoms. The summed E-state index contributed by atoms with van der Waals surface area (Å²) in [6.45, 7) is -0.0852. The molecule has 0 amide bonds. The second kappa shape index (κ2) is 5.47. The van der Waals surface area contributed by atoms with Gasteiger partial charge >= 0.3 is 12.1 Å². The van der Waals surface area contributed by atoms with Crippen molar-refractivity contribution in [3.8, 4) is 5.75 Å². The van der Waals surface area contributed by atoms with Crippen molar-refractivity contribution in [3.63, 3.8) is 0 Å². The average molecular weight is 300 g/mol. The smallest absolute Gasteiger partial charge is 0.416 e. The normalized spacial score (nSPS) is 11.4. The summed E-state index contributed by atoms with van der Waals surface area (Å²) in [6, 6.07) is 4.46. The van der Waals surface area contributed by atoms with E-state index in [-0.39, 0.29) is 18.2 Å². The van der Waals surface area contributed by atoms with E-state index in [4.69, 9.17) is 9.84 Å². The zero-order valence-electron chi connectivity index (χ0n) is 10.9. The van der Waals surface area contributed by atoms with Gasteiger partial charge in [0.05, 0.1) is 17.5 Å². The lowest BCUT2D eigenvalue weighted by Crippen LogP contribution is -2.10. The lowest BCUT2D eigenvalue weighted by molar-refractivity contribution is -0.137. The maximum Gasteiger partial charge on any atom is 0.416 e. The third-order valence-electron chi connectivity index (χ3n) is 2.82. The van der Waals surface area contributed by atoms with E-state index in [1.165, 1.54) is 29.9 Å². The van der Waals surface area contributed by atoms with Crippen LogP contribution < -0.4 is 4.74 Å². The molecule has 2 aromatic rings. The molecule has 8 heteroatoms. The number of imidazole rings is 1. The molecule has 0 atom stereocenters. The Labute approximate surface area is 117 Å². The number of aromatic nitrogens is 2. The number of halogens is 3. The Morgan fingerprint density at radius 2 is 2.14 bits per heavy atom. The van der Waals surface area contributed by atoms with Crippen molar-refractivity contribution in [3.05, 3.63) is 47.5 Å². The van der Waals surface area contributed by atoms with Gasteiger partial charge in [0.1, 0.15) is 12.4 Å². The van der Waals surface area contributed by atoms with Gasteiger partial charge < -0.3 is 14.4 Å². The van der Waals surface area contributed by atoms with Gasteiger partial charge in [0.2, 0.25) is 5.82 Å². The molecule has 1 aromatic heterocycles. The molecular weight excluding hydrogens is 289 g/mol. The summed E-state index contributed by atoms with van der Waals surface area (Å²) in [4.78, 5) is 14.5. The van der Waals surface area contributed by atoms with Crippen molar-refractivity contribution in [1.29, 1.82) is 0 Å². The van der Waals surface area contributed by atoms with Gasteiger partial charge in [-0.05, 0) is 18.2 Å². The Bertz CT molecular complexity index is 665. The van der Waals surface area contributed by atoms with Crippen molar-refractivity contribution in [2.75, 3.05) is 0 Å². The molecule has 5 nitrogen and oxygen atoms in total. The zero-order valence-corrected chi connectivity index (χ0v) is 10.9. The Hall–Kier alpha value is -2.51. The summed E-state index contributed by atoms with van der Waals surface area (Å²) < 4.78 is 44.2. The first kappa shape index (κ1) is 14.9. The van der Waals surface area contributed by atoms with Gasteiger partial charge in [0.15, 0.2) is 0 Å². The molecule has 1 N–H and O–H groups in total. The molecule has 1 heterocycles. The molecule has 0 saturated carbocycles. The molecule has 0 fully saturated rings. The molecule has 0 aliphatic heterocycles. The molecule has 1 aromatic carbocycles. The first-order chi connectivity index (χ1) is 9.79. The lowest BCUT2D eigenvalue weighted by Gasteiger charge is -2.10. The highest BCUT2D eigenvalue weighted by Gasteiger charge is 2.30. The van der Waals surface area contributed by atoms with Gasteiger partial charge in [-0.15, -0.1) is 0 Å². The minimum atomic E-state index is -4.44. The number of alkyl halides is 3. The molecular formula is C13H11F3N2O3. The fraction of sp³-hybridized carbons (Fsp3) is 0.231. The molecule has 0 unspecified atom stereocenters. The van der Waals surface area contributed by atoms with E-state index >= 15 is 0 Å². The number of aromatic carboxylic acids is 1. The monoisotopic (exact) mass is 300 g/mol.